The molecule has 0 aromatic heterocycles. The maximum absolute atomic E-state index is 11.9. The van der Waals surface area contributed by atoms with Gasteiger partial charge in [0.25, 0.3) is 5.92 Å². The molecular formula is C3H7F2NO2S. The minimum Gasteiger partial charge on any atom is -0.325 e. The summed E-state index contributed by atoms with van der Waals surface area (Å²) in [6.45, 7) is -0.890. The van der Waals surface area contributed by atoms with Crippen molar-refractivity contribution in [2.75, 3.05) is 12.3 Å². The maximum Gasteiger partial charge on any atom is 0.273 e. The number of nitrogens with two attached hydrogens (primary N) is 1. The van der Waals surface area contributed by atoms with E-state index < -0.39 is 29.3 Å². The topological polar surface area (TPSA) is 63.3 Å². The third kappa shape index (κ3) is 4.43. The molecule has 0 rings (SSSR count). The van der Waals surface area contributed by atoms with Crippen LogP contribution in [-0.2, 0) is 11.1 Å². The van der Waals surface area contributed by atoms with Crippen molar-refractivity contribution in [1.82, 2.24) is 0 Å². The molecule has 0 aliphatic carbocycles. The second-order valence-corrected chi connectivity index (χ2v) is 2.46. The molecule has 6 heteroatoms. The van der Waals surface area contributed by atoms with Crippen molar-refractivity contribution in [2.24, 2.45) is 5.73 Å². The standard InChI is InChI=1S/C3H7F2NO2S/c4-3(5,1-6)2-9(7)8/h1-2,6H2,(H,7,8). The molecule has 0 aliphatic heterocycles. The Bertz CT molecular complexity index is 118. The zero-order valence-corrected chi connectivity index (χ0v) is 5.33. The second-order valence-electron chi connectivity index (χ2n) is 1.53. The Kier molecular flexibility index (Phi) is 3.16. The summed E-state index contributed by atoms with van der Waals surface area (Å²) in [5.41, 5.74) is 4.56. The van der Waals surface area contributed by atoms with Gasteiger partial charge in [0.2, 0.25) is 0 Å². The van der Waals surface area contributed by atoms with Crippen molar-refractivity contribution >= 4 is 11.1 Å². The van der Waals surface area contributed by atoms with E-state index in [1.54, 1.807) is 0 Å². The summed E-state index contributed by atoms with van der Waals surface area (Å²) in [6.07, 6.45) is 0. The van der Waals surface area contributed by atoms with Gasteiger partial charge in [-0.3, -0.25) is 0 Å². The van der Waals surface area contributed by atoms with Gasteiger partial charge in [0.15, 0.2) is 11.1 Å². The Morgan fingerprint density at radius 1 is 1.67 bits per heavy atom. The lowest BCUT2D eigenvalue weighted by atomic mass is 10.4. The van der Waals surface area contributed by atoms with Gasteiger partial charge in [-0.05, 0) is 0 Å². The van der Waals surface area contributed by atoms with Crippen LogP contribution in [0.1, 0.15) is 0 Å². The van der Waals surface area contributed by atoms with E-state index in [0.29, 0.717) is 0 Å². The van der Waals surface area contributed by atoms with Crippen molar-refractivity contribution < 1.29 is 17.5 Å². The normalized spacial score (nSPS) is 15.6. The van der Waals surface area contributed by atoms with Crippen molar-refractivity contribution in [3.63, 3.8) is 0 Å². The van der Waals surface area contributed by atoms with Gasteiger partial charge in [0.1, 0.15) is 5.75 Å². The molecule has 0 aliphatic rings. The molecule has 3 nitrogen and oxygen atoms in total. The van der Waals surface area contributed by atoms with Crippen LogP contribution in [0.25, 0.3) is 0 Å². The minimum atomic E-state index is -3.21. The van der Waals surface area contributed by atoms with E-state index in [9.17, 15) is 13.0 Å². The fraction of sp³-hybridized carbons (Fsp3) is 1.00. The van der Waals surface area contributed by atoms with Crippen molar-refractivity contribution in [3.8, 4) is 0 Å². The van der Waals surface area contributed by atoms with Gasteiger partial charge in [-0.1, -0.05) is 0 Å². The highest BCUT2D eigenvalue weighted by atomic mass is 32.2. The predicted octanol–water partition coefficient (Wildman–Crippen LogP) is -0.198. The maximum atomic E-state index is 11.9. The monoisotopic (exact) mass is 159 g/mol. The molecule has 0 amide bonds. The fourth-order valence-electron chi connectivity index (χ4n) is 0.240. The van der Waals surface area contributed by atoms with Crippen LogP contribution in [0.3, 0.4) is 0 Å². The number of halogens is 2. The Morgan fingerprint density at radius 3 is 2.22 bits per heavy atom. The Labute approximate surface area is 53.5 Å². The summed E-state index contributed by atoms with van der Waals surface area (Å²) in [4.78, 5) is 0. The van der Waals surface area contributed by atoms with Crippen molar-refractivity contribution in [2.45, 2.75) is 5.92 Å². The number of hydrogen-bond acceptors (Lipinski definition) is 2. The fourth-order valence-corrected chi connectivity index (χ4v) is 0.719. The Balaban J connectivity index is 3.71. The lowest BCUT2D eigenvalue weighted by molar-refractivity contribution is 0.0355. The van der Waals surface area contributed by atoms with Crippen LogP contribution >= 0.6 is 0 Å². The van der Waals surface area contributed by atoms with Gasteiger partial charge in [-0.25, -0.2) is 13.0 Å². The highest BCUT2D eigenvalue weighted by Crippen LogP contribution is 2.11. The molecule has 0 saturated heterocycles. The Hall–Kier alpha value is -0.0700. The summed E-state index contributed by atoms with van der Waals surface area (Å²) in [5, 5.41) is 0. The van der Waals surface area contributed by atoms with Gasteiger partial charge in [-0.2, -0.15) is 0 Å². The molecule has 3 N–H and O–H groups in total. The van der Waals surface area contributed by atoms with Crippen LogP contribution in [0, 0.1) is 0 Å². The summed E-state index contributed by atoms with van der Waals surface area (Å²) in [6, 6.07) is 0. The molecule has 56 valence electrons. The van der Waals surface area contributed by atoms with E-state index in [4.69, 9.17) is 4.55 Å². The third-order valence-corrected chi connectivity index (χ3v) is 1.30. The van der Waals surface area contributed by atoms with Gasteiger partial charge in [0.05, 0.1) is 6.54 Å². The van der Waals surface area contributed by atoms with E-state index in [1.165, 1.54) is 0 Å². The number of alkyl halides is 2. The summed E-state index contributed by atoms with van der Waals surface area (Å²) in [7, 11) is 0. The average molecular weight is 159 g/mol. The van der Waals surface area contributed by atoms with Crippen molar-refractivity contribution in [1.29, 1.82) is 0 Å². The zero-order valence-electron chi connectivity index (χ0n) is 4.51. The minimum absolute atomic E-state index is 0.890. The van der Waals surface area contributed by atoms with E-state index >= 15 is 0 Å². The first-order chi connectivity index (χ1) is 3.98. The van der Waals surface area contributed by atoms with Crippen LogP contribution in [0.2, 0.25) is 0 Å². The lowest BCUT2D eigenvalue weighted by Gasteiger charge is -2.09. The van der Waals surface area contributed by atoms with Crippen LogP contribution < -0.4 is 5.73 Å². The van der Waals surface area contributed by atoms with Crippen molar-refractivity contribution in [3.05, 3.63) is 0 Å². The molecule has 1 unspecified atom stereocenters. The molecule has 0 aromatic rings. The molecule has 0 radical (unpaired) electrons. The predicted molar refractivity (Wildman–Crippen MR) is 29.6 cm³/mol. The first-order valence-electron chi connectivity index (χ1n) is 2.13. The lowest BCUT2D eigenvalue weighted by Crippen LogP contribution is -2.33. The van der Waals surface area contributed by atoms with E-state index in [0.717, 1.165) is 0 Å². The molecular weight excluding hydrogens is 152 g/mol. The first-order valence-corrected chi connectivity index (χ1v) is 3.41. The van der Waals surface area contributed by atoms with Gasteiger partial charge >= 0.3 is 0 Å². The smallest absolute Gasteiger partial charge is 0.273 e. The summed E-state index contributed by atoms with van der Waals surface area (Å²) >= 11 is -2.46. The van der Waals surface area contributed by atoms with E-state index in [-0.39, 0.29) is 0 Å². The van der Waals surface area contributed by atoms with Gasteiger partial charge in [-0.15, -0.1) is 0 Å². The largest absolute Gasteiger partial charge is 0.325 e. The molecule has 0 fully saturated rings. The number of hydrogen-bond donors (Lipinski definition) is 2. The molecule has 0 heterocycles. The highest BCUT2D eigenvalue weighted by Gasteiger charge is 2.28. The zero-order chi connectivity index (χ0) is 7.49. The molecule has 9 heavy (non-hydrogen) atoms. The first kappa shape index (κ1) is 8.93. The molecule has 1 atom stereocenters. The van der Waals surface area contributed by atoms with Crippen LogP contribution in [0.5, 0.6) is 0 Å². The van der Waals surface area contributed by atoms with Crippen LogP contribution in [0.15, 0.2) is 0 Å². The van der Waals surface area contributed by atoms with E-state index in [1.807, 2.05) is 0 Å². The Morgan fingerprint density at radius 2 is 2.11 bits per heavy atom. The van der Waals surface area contributed by atoms with Crippen LogP contribution in [-0.4, -0.2) is 27.0 Å². The number of rotatable bonds is 3. The molecule has 0 spiro atoms. The molecule has 0 bridgehead atoms. The van der Waals surface area contributed by atoms with Crippen LogP contribution in [0.4, 0.5) is 8.78 Å². The second kappa shape index (κ2) is 3.19. The quantitative estimate of drug-likeness (QED) is 0.560. The SMILES string of the molecule is NCC(F)(F)CS(=O)O. The van der Waals surface area contributed by atoms with Gasteiger partial charge < -0.3 is 10.3 Å². The third-order valence-electron chi connectivity index (χ3n) is 0.633. The molecule has 0 saturated carbocycles. The summed E-state index contributed by atoms with van der Waals surface area (Å²) < 4.78 is 41.6. The average Bonchev–Trinajstić information content (AvgIpc) is 1.63. The molecule has 0 aromatic carbocycles. The highest BCUT2D eigenvalue weighted by molar-refractivity contribution is 7.79. The van der Waals surface area contributed by atoms with Gasteiger partial charge in [0, 0.05) is 0 Å². The summed E-state index contributed by atoms with van der Waals surface area (Å²) in [5.74, 6) is -4.29. The van der Waals surface area contributed by atoms with E-state index in [2.05, 4.69) is 5.73 Å².